The molecular weight excluding hydrogens is 406 g/mol. The summed E-state index contributed by atoms with van der Waals surface area (Å²) in [7, 11) is 1.77. The molecule has 1 aromatic heterocycles. The number of hydrogen-bond acceptors (Lipinski definition) is 3. The summed E-state index contributed by atoms with van der Waals surface area (Å²) in [5.41, 5.74) is 7.56. The summed E-state index contributed by atoms with van der Waals surface area (Å²) >= 11 is 0. The molecule has 0 saturated carbocycles. The first-order chi connectivity index (χ1) is 16.0. The average Bonchev–Trinajstić information content (AvgIpc) is 2.80. The van der Waals surface area contributed by atoms with Gasteiger partial charge in [-0.1, -0.05) is 50.3 Å². The summed E-state index contributed by atoms with van der Waals surface area (Å²) in [6.45, 7) is 13.0. The second-order valence-corrected chi connectivity index (χ2v) is 9.78. The first-order valence-corrected chi connectivity index (χ1v) is 12.2. The zero-order valence-electron chi connectivity index (χ0n) is 20.6. The molecule has 1 aliphatic rings. The number of allylic oxidation sites excluding steroid dienone is 1. The Hall–Kier alpha value is -2.49. The molecule has 0 bridgehead atoms. The Morgan fingerprint density at radius 1 is 1.18 bits per heavy atom. The van der Waals surface area contributed by atoms with Gasteiger partial charge in [0.15, 0.2) is 0 Å². The molecule has 174 valence electrons. The van der Waals surface area contributed by atoms with Crippen LogP contribution < -0.4 is 0 Å². The third kappa shape index (κ3) is 5.37. The van der Waals surface area contributed by atoms with Crippen molar-refractivity contribution < 1.29 is 9.47 Å². The lowest BCUT2D eigenvalue weighted by atomic mass is 9.84. The topological polar surface area (TPSA) is 31.4 Å². The summed E-state index contributed by atoms with van der Waals surface area (Å²) in [5, 5.41) is 2.56. The maximum Gasteiger partial charge on any atom is 0.0520 e. The number of nitrogens with zero attached hydrogens (tertiary/aromatic N) is 1. The highest BCUT2D eigenvalue weighted by atomic mass is 16.5. The lowest BCUT2D eigenvalue weighted by molar-refractivity contribution is 0.0466. The molecule has 3 nitrogen and oxygen atoms in total. The molecule has 3 heteroatoms. The van der Waals surface area contributed by atoms with Crippen LogP contribution in [-0.2, 0) is 22.3 Å². The van der Waals surface area contributed by atoms with E-state index in [0.29, 0.717) is 17.8 Å². The molecule has 0 aliphatic carbocycles. The summed E-state index contributed by atoms with van der Waals surface area (Å²) in [6, 6.07) is 15.9. The van der Waals surface area contributed by atoms with Gasteiger partial charge in [-0.2, -0.15) is 0 Å². The molecule has 2 unspecified atom stereocenters. The maximum absolute atomic E-state index is 5.74. The van der Waals surface area contributed by atoms with Crippen molar-refractivity contribution in [1.82, 2.24) is 4.98 Å². The van der Waals surface area contributed by atoms with Gasteiger partial charge in [0.25, 0.3) is 0 Å². The zero-order valence-corrected chi connectivity index (χ0v) is 20.6. The normalized spacial score (nSPS) is 19.5. The molecule has 0 spiro atoms. The van der Waals surface area contributed by atoms with E-state index < -0.39 is 0 Å². The number of ether oxygens (including phenoxy) is 2. The van der Waals surface area contributed by atoms with E-state index in [2.05, 4.69) is 69.8 Å². The van der Waals surface area contributed by atoms with Gasteiger partial charge in [0.1, 0.15) is 0 Å². The number of rotatable bonds is 8. The molecule has 1 saturated heterocycles. The van der Waals surface area contributed by atoms with Gasteiger partial charge in [0.2, 0.25) is 0 Å². The van der Waals surface area contributed by atoms with E-state index in [1.54, 1.807) is 7.11 Å². The van der Waals surface area contributed by atoms with Crippen molar-refractivity contribution in [2.24, 2.45) is 11.8 Å². The zero-order chi connectivity index (χ0) is 23.4. The first-order valence-electron chi connectivity index (χ1n) is 12.2. The largest absolute Gasteiger partial charge is 0.384 e. The number of fused-ring (bicyclic) bond motifs is 1. The van der Waals surface area contributed by atoms with Crippen molar-refractivity contribution in [1.29, 1.82) is 0 Å². The predicted molar refractivity (Wildman–Crippen MR) is 138 cm³/mol. The molecule has 33 heavy (non-hydrogen) atoms. The van der Waals surface area contributed by atoms with Crippen LogP contribution in [0, 0.1) is 18.8 Å². The van der Waals surface area contributed by atoms with E-state index in [1.807, 2.05) is 6.08 Å². The first kappa shape index (κ1) is 23.7. The molecule has 1 aliphatic heterocycles. The molecule has 0 amide bonds. The van der Waals surface area contributed by atoms with Crippen LogP contribution >= 0.6 is 0 Å². The van der Waals surface area contributed by atoms with Crippen LogP contribution in [0.2, 0.25) is 0 Å². The number of methoxy groups -OCH3 is 1. The lowest BCUT2D eigenvalue weighted by Crippen LogP contribution is -2.25. The standard InChI is InChI=1S/C30H37NO2/c1-6-7-23-15-24(9-8-21(23)3)25-10-11-29-26(16-25)17-27(14-20(2)18-32-5)31-30(29)28-12-13-33-19-22(28)4/h6,8-11,15-17,20,22,28H,1,7,12-14,18-19H2,2-5H3/t20?,22-,28?/m0/s1. The lowest BCUT2D eigenvalue weighted by Gasteiger charge is -2.30. The molecule has 0 radical (unpaired) electrons. The van der Waals surface area contributed by atoms with Gasteiger partial charge >= 0.3 is 0 Å². The van der Waals surface area contributed by atoms with Crippen LogP contribution in [0.25, 0.3) is 21.9 Å². The minimum atomic E-state index is 0.432. The van der Waals surface area contributed by atoms with Crippen LogP contribution in [-0.4, -0.2) is 31.9 Å². The monoisotopic (exact) mass is 443 g/mol. The van der Waals surface area contributed by atoms with Crippen molar-refractivity contribution in [3.05, 3.63) is 77.6 Å². The van der Waals surface area contributed by atoms with E-state index in [1.165, 1.54) is 38.7 Å². The van der Waals surface area contributed by atoms with Crippen LogP contribution in [0.15, 0.2) is 55.1 Å². The summed E-state index contributed by atoms with van der Waals surface area (Å²) in [4.78, 5) is 5.23. The number of hydrogen-bond donors (Lipinski definition) is 0. The van der Waals surface area contributed by atoms with E-state index in [-0.39, 0.29) is 0 Å². The van der Waals surface area contributed by atoms with Gasteiger partial charge in [-0.15, -0.1) is 6.58 Å². The number of aryl methyl sites for hydroxylation is 1. The fraction of sp³-hybridized carbons (Fsp3) is 0.433. The Balaban J connectivity index is 1.80. The van der Waals surface area contributed by atoms with Crippen LogP contribution in [0.4, 0.5) is 0 Å². The summed E-state index contributed by atoms with van der Waals surface area (Å²) in [6.07, 6.45) is 4.83. The van der Waals surface area contributed by atoms with Crippen LogP contribution in [0.5, 0.6) is 0 Å². The second-order valence-electron chi connectivity index (χ2n) is 9.78. The van der Waals surface area contributed by atoms with Gasteiger partial charge in [-0.25, -0.2) is 0 Å². The molecule has 2 aromatic carbocycles. The van der Waals surface area contributed by atoms with Crippen molar-refractivity contribution >= 4 is 10.8 Å². The average molecular weight is 444 g/mol. The summed E-state index contributed by atoms with van der Waals surface area (Å²) < 4.78 is 11.1. The third-order valence-electron chi connectivity index (χ3n) is 6.96. The minimum absolute atomic E-state index is 0.432. The smallest absolute Gasteiger partial charge is 0.0520 e. The maximum atomic E-state index is 5.74. The fourth-order valence-electron chi connectivity index (χ4n) is 5.12. The second kappa shape index (κ2) is 10.6. The van der Waals surface area contributed by atoms with E-state index in [0.717, 1.165) is 44.8 Å². The quantitative estimate of drug-likeness (QED) is 0.355. The highest BCUT2D eigenvalue weighted by molar-refractivity contribution is 5.89. The Labute approximate surface area is 198 Å². The summed E-state index contributed by atoms with van der Waals surface area (Å²) in [5.74, 6) is 1.34. The SMILES string of the molecule is C=CCc1cc(-c2ccc3c(C4CCOC[C@@H]4C)nc(CC(C)COC)cc3c2)ccc1C. The Morgan fingerprint density at radius 3 is 2.73 bits per heavy atom. The van der Waals surface area contributed by atoms with Crippen molar-refractivity contribution in [3.8, 4) is 11.1 Å². The van der Waals surface area contributed by atoms with Crippen molar-refractivity contribution in [2.45, 2.75) is 46.0 Å². The molecule has 4 rings (SSSR count). The van der Waals surface area contributed by atoms with Crippen LogP contribution in [0.3, 0.4) is 0 Å². The van der Waals surface area contributed by atoms with E-state index >= 15 is 0 Å². The number of pyridine rings is 1. The number of aromatic nitrogens is 1. The molecule has 3 atom stereocenters. The molecule has 3 aromatic rings. The van der Waals surface area contributed by atoms with Crippen molar-refractivity contribution in [3.63, 3.8) is 0 Å². The number of benzene rings is 2. The molecule has 0 N–H and O–H groups in total. The van der Waals surface area contributed by atoms with Crippen LogP contribution in [0.1, 0.15) is 48.7 Å². The van der Waals surface area contributed by atoms with Gasteiger partial charge in [0.05, 0.1) is 5.69 Å². The minimum Gasteiger partial charge on any atom is -0.384 e. The highest BCUT2D eigenvalue weighted by Crippen LogP contribution is 2.37. The molecule has 1 fully saturated rings. The van der Waals surface area contributed by atoms with Crippen molar-refractivity contribution in [2.75, 3.05) is 26.9 Å². The Bertz CT molecular complexity index is 1120. The molecular formula is C30H37NO2. The van der Waals surface area contributed by atoms with Gasteiger partial charge in [0, 0.05) is 43.9 Å². The Morgan fingerprint density at radius 2 is 1.97 bits per heavy atom. The third-order valence-corrected chi connectivity index (χ3v) is 6.96. The van der Waals surface area contributed by atoms with E-state index in [4.69, 9.17) is 14.5 Å². The van der Waals surface area contributed by atoms with E-state index in [9.17, 15) is 0 Å². The fourth-order valence-corrected chi connectivity index (χ4v) is 5.12. The van der Waals surface area contributed by atoms with Gasteiger partial charge < -0.3 is 9.47 Å². The Kier molecular flexibility index (Phi) is 7.62. The predicted octanol–water partition coefficient (Wildman–Crippen LogP) is 6.90. The highest BCUT2D eigenvalue weighted by Gasteiger charge is 2.27. The van der Waals surface area contributed by atoms with Gasteiger partial charge in [-0.3, -0.25) is 4.98 Å². The van der Waals surface area contributed by atoms with Gasteiger partial charge in [-0.05, 0) is 77.8 Å². The molecule has 2 heterocycles.